The highest BCUT2D eigenvalue weighted by atomic mass is 35.5. The van der Waals surface area contributed by atoms with Crippen LogP contribution in [0.2, 0.25) is 5.02 Å². The Hall–Kier alpha value is -1.52. The third-order valence-electron chi connectivity index (χ3n) is 3.18. The van der Waals surface area contributed by atoms with Crippen LogP contribution in [0.5, 0.6) is 0 Å². The average Bonchev–Trinajstić information content (AvgIpc) is 2.42. The van der Waals surface area contributed by atoms with Crippen molar-refractivity contribution in [3.05, 3.63) is 40.4 Å². The van der Waals surface area contributed by atoms with E-state index in [4.69, 9.17) is 22.1 Å². The summed E-state index contributed by atoms with van der Waals surface area (Å²) in [5.41, 5.74) is 7.84. The van der Waals surface area contributed by atoms with Gasteiger partial charge in [-0.25, -0.2) is 0 Å². The molecule has 0 aliphatic carbocycles. The highest BCUT2D eigenvalue weighted by molar-refractivity contribution is 6.36. The Bertz CT molecular complexity index is 514. The van der Waals surface area contributed by atoms with Crippen molar-refractivity contribution >= 4 is 23.2 Å². The number of hydrogen-bond donors (Lipinski definition) is 1. The summed E-state index contributed by atoms with van der Waals surface area (Å²) in [6, 6.07) is 5.13. The van der Waals surface area contributed by atoms with Gasteiger partial charge in [-0.2, -0.15) is 0 Å². The van der Waals surface area contributed by atoms with Gasteiger partial charge in [0, 0.05) is 20.2 Å². The SMILES string of the molecule is COCC1=CCN(C(=O)c2cccc(N)c2Cl)CC1. The third-order valence-corrected chi connectivity index (χ3v) is 3.60. The molecule has 4 nitrogen and oxygen atoms in total. The number of hydrogen-bond acceptors (Lipinski definition) is 3. The average molecular weight is 281 g/mol. The Kier molecular flexibility index (Phi) is 4.45. The van der Waals surface area contributed by atoms with Crippen LogP contribution in [0.3, 0.4) is 0 Å². The molecule has 0 bridgehead atoms. The van der Waals surface area contributed by atoms with E-state index in [0.717, 1.165) is 6.42 Å². The van der Waals surface area contributed by atoms with Gasteiger partial charge in [0.1, 0.15) is 0 Å². The van der Waals surface area contributed by atoms with Gasteiger partial charge in [-0.1, -0.05) is 23.7 Å². The molecular weight excluding hydrogens is 264 g/mol. The predicted molar refractivity (Wildman–Crippen MR) is 76.3 cm³/mol. The zero-order chi connectivity index (χ0) is 13.8. The molecule has 0 atom stereocenters. The molecular formula is C14H17ClN2O2. The Morgan fingerprint density at radius 2 is 2.32 bits per heavy atom. The highest BCUT2D eigenvalue weighted by Gasteiger charge is 2.21. The summed E-state index contributed by atoms with van der Waals surface area (Å²) in [5.74, 6) is -0.0787. The van der Waals surface area contributed by atoms with Crippen LogP contribution in [-0.4, -0.2) is 37.6 Å². The Labute approximate surface area is 117 Å². The van der Waals surface area contributed by atoms with Gasteiger partial charge in [-0.3, -0.25) is 4.79 Å². The normalized spacial score (nSPS) is 15.3. The summed E-state index contributed by atoms with van der Waals surface area (Å²) >= 11 is 6.08. The van der Waals surface area contributed by atoms with Crippen molar-refractivity contribution in [1.29, 1.82) is 0 Å². The van der Waals surface area contributed by atoms with Gasteiger partial charge in [-0.15, -0.1) is 0 Å². The van der Waals surface area contributed by atoms with Gasteiger partial charge in [0.05, 0.1) is 22.9 Å². The predicted octanol–water partition coefficient (Wildman–Crippen LogP) is 2.34. The molecule has 1 aliphatic heterocycles. The number of halogens is 1. The molecule has 5 heteroatoms. The second kappa shape index (κ2) is 6.08. The molecule has 2 rings (SSSR count). The lowest BCUT2D eigenvalue weighted by atomic mass is 10.1. The van der Waals surface area contributed by atoms with Crippen molar-refractivity contribution in [3.8, 4) is 0 Å². The second-order valence-electron chi connectivity index (χ2n) is 4.51. The van der Waals surface area contributed by atoms with Gasteiger partial charge in [0.2, 0.25) is 0 Å². The smallest absolute Gasteiger partial charge is 0.255 e. The molecule has 1 aliphatic rings. The monoisotopic (exact) mass is 280 g/mol. The van der Waals surface area contributed by atoms with E-state index < -0.39 is 0 Å². The number of carbonyl (C=O) groups is 1. The minimum absolute atomic E-state index is 0.0787. The quantitative estimate of drug-likeness (QED) is 0.683. The number of rotatable bonds is 3. The van der Waals surface area contributed by atoms with Crippen molar-refractivity contribution in [1.82, 2.24) is 4.90 Å². The number of nitrogens with zero attached hydrogens (tertiary/aromatic N) is 1. The fourth-order valence-electron chi connectivity index (χ4n) is 2.10. The first-order valence-corrected chi connectivity index (χ1v) is 6.51. The topological polar surface area (TPSA) is 55.6 Å². The van der Waals surface area contributed by atoms with Crippen molar-refractivity contribution in [2.45, 2.75) is 6.42 Å². The molecule has 102 valence electrons. The number of ether oxygens (including phenoxy) is 1. The Morgan fingerprint density at radius 1 is 1.53 bits per heavy atom. The van der Waals surface area contributed by atoms with E-state index in [0.29, 0.717) is 36.0 Å². The van der Waals surface area contributed by atoms with Gasteiger partial charge in [0.15, 0.2) is 0 Å². The number of anilines is 1. The number of nitrogens with two attached hydrogens (primary N) is 1. The van der Waals surface area contributed by atoms with E-state index in [1.165, 1.54) is 5.57 Å². The van der Waals surface area contributed by atoms with E-state index in [9.17, 15) is 4.79 Å². The Morgan fingerprint density at radius 3 is 2.95 bits per heavy atom. The van der Waals surface area contributed by atoms with E-state index in [1.807, 2.05) is 6.08 Å². The molecule has 1 heterocycles. The van der Waals surface area contributed by atoms with Crippen molar-refractivity contribution < 1.29 is 9.53 Å². The van der Waals surface area contributed by atoms with Crippen LogP contribution in [0.25, 0.3) is 0 Å². The lowest BCUT2D eigenvalue weighted by molar-refractivity contribution is 0.0765. The number of amides is 1. The van der Waals surface area contributed by atoms with Crippen LogP contribution in [0.4, 0.5) is 5.69 Å². The van der Waals surface area contributed by atoms with Gasteiger partial charge in [0.25, 0.3) is 5.91 Å². The maximum atomic E-state index is 12.4. The van der Waals surface area contributed by atoms with Crippen molar-refractivity contribution in [2.24, 2.45) is 0 Å². The Balaban J connectivity index is 2.12. The molecule has 0 fully saturated rings. The van der Waals surface area contributed by atoms with Crippen LogP contribution < -0.4 is 5.73 Å². The fraction of sp³-hybridized carbons (Fsp3) is 0.357. The summed E-state index contributed by atoms with van der Waals surface area (Å²) in [5, 5.41) is 0.333. The highest BCUT2D eigenvalue weighted by Crippen LogP contribution is 2.25. The summed E-state index contributed by atoms with van der Waals surface area (Å²) in [4.78, 5) is 14.1. The molecule has 19 heavy (non-hydrogen) atoms. The first kappa shape index (κ1) is 13.9. The standard InChI is InChI=1S/C14H17ClN2O2/c1-19-9-10-5-7-17(8-6-10)14(18)11-3-2-4-12(16)13(11)15/h2-5H,6-9,16H2,1H3. The maximum Gasteiger partial charge on any atom is 0.255 e. The molecule has 0 saturated carbocycles. The molecule has 0 saturated heterocycles. The van der Waals surface area contributed by atoms with Crippen LogP contribution >= 0.6 is 11.6 Å². The van der Waals surface area contributed by atoms with Crippen LogP contribution in [-0.2, 0) is 4.74 Å². The van der Waals surface area contributed by atoms with Crippen molar-refractivity contribution in [2.75, 3.05) is 32.5 Å². The molecule has 0 aromatic heterocycles. The van der Waals surface area contributed by atoms with E-state index >= 15 is 0 Å². The largest absolute Gasteiger partial charge is 0.398 e. The lowest BCUT2D eigenvalue weighted by Gasteiger charge is -2.26. The number of carbonyl (C=O) groups excluding carboxylic acids is 1. The van der Waals surface area contributed by atoms with Crippen LogP contribution in [0.15, 0.2) is 29.8 Å². The van der Waals surface area contributed by atoms with Gasteiger partial charge >= 0.3 is 0 Å². The zero-order valence-corrected chi connectivity index (χ0v) is 11.6. The molecule has 0 radical (unpaired) electrons. The molecule has 0 spiro atoms. The first-order valence-electron chi connectivity index (χ1n) is 6.13. The fourth-order valence-corrected chi connectivity index (χ4v) is 2.30. The van der Waals surface area contributed by atoms with Crippen molar-refractivity contribution in [3.63, 3.8) is 0 Å². The summed E-state index contributed by atoms with van der Waals surface area (Å²) < 4.78 is 5.09. The number of nitrogen functional groups attached to an aromatic ring is 1. The molecule has 2 N–H and O–H groups in total. The number of benzene rings is 1. The molecule has 1 aromatic rings. The van der Waals surface area contributed by atoms with E-state index in [-0.39, 0.29) is 5.91 Å². The second-order valence-corrected chi connectivity index (χ2v) is 4.88. The minimum atomic E-state index is -0.0787. The van der Waals surface area contributed by atoms with E-state index in [2.05, 4.69) is 0 Å². The molecule has 0 unspecified atom stereocenters. The summed E-state index contributed by atoms with van der Waals surface area (Å²) in [6.45, 7) is 1.89. The summed E-state index contributed by atoms with van der Waals surface area (Å²) in [6.07, 6.45) is 2.87. The van der Waals surface area contributed by atoms with Crippen LogP contribution in [0.1, 0.15) is 16.8 Å². The van der Waals surface area contributed by atoms with Gasteiger partial charge in [-0.05, 0) is 24.1 Å². The molecule has 1 aromatic carbocycles. The van der Waals surface area contributed by atoms with Gasteiger partial charge < -0.3 is 15.4 Å². The maximum absolute atomic E-state index is 12.4. The lowest BCUT2D eigenvalue weighted by Crippen LogP contribution is -2.35. The zero-order valence-electron chi connectivity index (χ0n) is 10.9. The van der Waals surface area contributed by atoms with E-state index in [1.54, 1.807) is 30.2 Å². The number of methoxy groups -OCH3 is 1. The molecule has 1 amide bonds. The van der Waals surface area contributed by atoms with Crippen LogP contribution in [0, 0.1) is 0 Å². The summed E-state index contributed by atoms with van der Waals surface area (Å²) in [7, 11) is 1.67. The minimum Gasteiger partial charge on any atom is -0.398 e. The first-order chi connectivity index (χ1) is 9.13. The third kappa shape index (κ3) is 3.08.